The summed E-state index contributed by atoms with van der Waals surface area (Å²) >= 11 is 5.11. The summed E-state index contributed by atoms with van der Waals surface area (Å²) in [7, 11) is 0. The number of piperidine rings is 1. The van der Waals surface area contributed by atoms with E-state index in [9.17, 15) is 4.79 Å². The van der Waals surface area contributed by atoms with Crippen LogP contribution in [0.3, 0.4) is 0 Å². The second-order valence-electron chi connectivity index (χ2n) is 7.33. The highest BCUT2D eigenvalue weighted by Crippen LogP contribution is 2.34. The average Bonchev–Trinajstić information content (AvgIpc) is 2.77. The van der Waals surface area contributed by atoms with E-state index < -0.39 is 0 Å². The van der Waals surface area contributed by atoms with Gasteiger partial charge in [-0.2, -0.15) is 0 Å². The number of rotatable bonds is 5. The van der Waals surface area contributed by atoms with E-state index in [0.29, 0.717) is 0 Å². The molecule has 4 rings (SSSR count). The number of carbonyl (C=O) groups excluding carboxylic acids is 1. The van der Waals surface area contributed by atoms with E-state index in [2.05, 4.69) is 67.3 Å². The van der Waals surface area contributed by atoms with Gasteiger partial charge in [0.25, 0.3) is 0 Å². The molecule has 2 aromatic carbocycles. The van der Waals surface area contributed by atoms with Crippen LogP contribution in [-0.2, 0) is 4.79 Å². The molecule has 0 radical (unpaired) electrons. The van der Waals surface area contributed by atoms with Crippen LogP contribution in [0.25, 0.3) is 0 Å². The Balaban J connectivity index is 1.40. The minimum Gasteiger partial charge on any atom is -0.354 e. The first-order chi connectivity index (χ1) is 14.6. The number of para-hydroxylation sites is 1. The molecule has 1 N–H and O–H groups in total. The fourth-order valence-electron chi connectivity index (χ4n) is 3.48. The number of carbonyl (C=O) groups is 1. The largest absolute Gasteiger partial charge is 0.354 e. The summed E-state index contributed by atoms with van der Waals surface area (Å²) in [6.45, 7) is 3.65. The van der Waals surface area contributed by atoms with Crippen LogP contribution in [0.4, 0.5) is 11.5 Å². The number of aromatic nitrogens is 2. The van der Waals surface area contributed by atoms with E-state index in [-0.39, 0.29) is 11.8 Å². The van der Waals surface area contributed by atoms with E-state index >= 15 is 0 Å². The van der Waals surface area contributed by atoms with Crippen molar-refractivity contribution in [1.29, 1.82) is 0 Å². The molecular weight excluding hydrogens is 460 g/mol. The van der Waals surface area contributed by atoms with Gasteiger partial charge in [0.2, 0.25) is 5.91 Å². The van der Waals surface area contributed by atoms with Crippen molar-refractivity contribution in [2.75, 3.05) is 23.3 Å². The molecule has 1 fully saturated rings. The lowest BCUT2D eigenvalue weighted by atomic mass is 9.96. The fraction of sp³-hybridized carbons (Fsp3) is 0.261. The van der Waals surface area contributed by atoms with Gasteiger partial charge in [-0.3, -0.25) is 4.79 Å². The molecule has 7 heteroatoms. The number of hydrogen-bond acceptors (Lipinski definition) is 5. The maximum Gasteiger partial charge on any atom is 0.227 e. The highest BCUT2D eigenvalue weighted by molar-refractivity contribution is 9.10. The zero-order chi connectivity index (χ0) is 20.9. The quantitative estimate of drug-likeness (QED) is 0.516. The Morgan fingerprint density at radius 3 is 2.50 bits per heavy atom. The van der Waals surface area contributed by atoms with Gasteiger partial charge in [-0.1, -0.05) is 41.6 Å². The molecule has 1 aromatic heterocycles. The second-order valence-corrected chi connectivity index (χ2v) is 9.25. The van der Waals surface area contributed by atoms with Crippen LogP contribution in [0.1, 0.15) is 18.4 Å². The zero-order valence-corrected chi connectivity index (χ0v) is 19.1. The summed E-state index contributed by atoms with van der Waals surface area (Å²) in [5.74, 6) is 0.973. The summed E-state index contributed by atoms with van der Waals surface area (Å²) in [4.78, 5) is 25.3. The first-order valence-electron chi connectivity index (χ1n) is 9.96. The van der Waals surface area contributed by atoms with E-state index in [1.807, 2.05) is 24.3 Å². The van der Waals surface area contributed by atoms with Gasteiger partial charge in [0.05, 0.1) is 5.69 Å². The summed E-state index contributed by atoms with van der Waals surface area (Å²) < 4.78 is 0.896. The van der Waals surface area contributed by atoms with Crippen molar-refractivity contribution < 1.29 is 4.79 Å². The minimum atomic E-state index is -0.00164. The third kappa shape index (κ3) is 5.02. The van der Waals surface area contributed by atoms with Gasteiger partial charge in [-0.15, -0.1) is 0 Å². The molecular formula is C23H23BrN4OS. The molecule has 2 heterocycles. The lowest BCUT2D eigenvalue weighted by Crippen LogP contribution is -2.39. The highest BCUT2D eigenvalue weighted by atomic mass is 79.9. The van der Waals surface area contributed by atoms with Gasteiger partial charge in [-0.05, 0) is 60.0 Å². The Bertz CT molecular complexity index is 1020. The predicted molar refractivity (Wildman–Crippen MR) is 125 cm³/mol. The summed E-state index contributed by atoms with van der Waals surface area (Å²) in [5.41, 5.74) is 2.05. The standard InChI is InChI=1S/C23H23BrN4OS/c1-16-6-8-18(9-7-16)30-23-21(25-12-13-26-23)28-14-10-17(11-15-28)22(29)27-20-5-3-2-4-19(20)24/h2-9,12-13,17H,10-11,14-15H2,1H3,(H,27,29). The van der Waals surface area contributed by atoms with Gasteiger partial charge in [0.15, 0.2) is 5.82 Å². The number of amides is 1. The van der Waals surface area contributed by atoms with Gasteiger partial charge in [0, 0.05) is 40.8 Å². The van der Waals surface area contributed by atoms with Gasteiger partial charge in [0.1, 0.15) is 5.03 Å². The van der Waals surface area contributed by atoms with Gasteiger partial charge >= 0.3 is 0 Å². The molecule has 5 nitrogen and oxygen atoms in total. The monoisotopic (exact) mass is 482 g/mol. The van der Waals surface area contributed by atoms with Crippen LogP contribution in [0.5, 0.6) is 0 Å². The maximum atomic E-state index is 12.7. The molecule has 0 bridgehead atoms. The molecule has 1 saturated heterocycles. The number of anilines is 2. The van der Waals surface area contributed by atoms with Crippen LogP contribution in [0, 0.1) is 12.8 Å². The van der Waals surface area contributed by atoms with Crippen molar-refractivity contribution in [2.45, 2.75) is 29.7 Å². The Morgan fingerprint density at radius 2 is 1.77 bits per heavy atom. The SMILES string of the molecule is Cc1ccc(Sc2nccnc2N2CCC(C(=O)Nc3ccccc3Br)CC2)cc1. The second kappa shape index (κ2) is 9.62. The van der Waals surface area contributed by atoms with E-state index in [0.717, 1.165) is 51.8 Å². The molecule has 0 unspecified atom stereocenters. The molecule has 30 heavy (non-hydrogen) atoms. The molecule has 1 amide bonds. The normalized spacial score (nSPS) is 14.5. The summed E-state index contributed by atoms with van der Waals surface area (Å²) in [6, 6.07) is 16.1. The van der Waals surface area contributed by atoms with Crippen molar-refractivity contribution in [3.05, 3.63) is 71.0 Å². The lowest BCUT2D eigenvalue weighted by molar-refractivity contribution is -0.120. The predicted octanol–water partition coefficient (Wildman–Crippen LogP) is 5.55. The number of hydrogen-bond donors (Lipinski definition) is 1. The van der Waals surface area contributed by atoms with E-state index in [1.165, 1.54) is 5.56 Å². The van der Waals surface area contributed by atoms with Crippen LogP contribution >= 0.6 is 27.7 Å². The van der Waals surface area contributed by atoms with Crippen molar-refractivity contribution >= 4 is 45.1 Å². The third-order valence-electron chi connectivity index (χ3n) is 5.18. The zero-order valence-electron chi connectivity index (χ0n) is 16.7. The number of nitrogens with one attached hydrogen (secondary N) is 1. The smallest absolute Gasteiger partial charge is 0.227 e. The maximum absolute atomic E-state index is 12.7. The van der Waals surface area contributed by atoms with E-state index in [1.54, 1.807) is 24.2 Å². The topological polar surface area (TPSA) is 58.1 Å². The molecule has 0 aliphatic carbocycles. The van der Waals surface area contributed by atoms with Crippen LogP contribution < -0.4 is 10.2 Å². The molecule has 1 aliphatic rings. The number of halogens is 1. The molecule has 0 spiro atoms. The Labute approximate surface area is 189 Å². The van der Waals surface area contributed by atoms with Crippen LogP contribution in [0.2, 0.25) is 0 Å². The average molecular weight is 483 g/mol. The molecule has 0 atom stereocenters. The first kappa shape index (κ1) is 20.9. The highest BCUT2D eigenvalue weighted by Gasteiger charge is 2.27. The molecule has 1 aliphatic heterocycles. The first-order valence-corrected chi connectivity index (χ1v) is 11.6. The summed E-state index contributed by atoms with van der Waals surface area (Å²) in [6.07, 6.45) is 5.06. The van der Waals surface area contributed by atoms with Gasteiger partial charge < -0.3 is 10.2 Å². The van der Waals surface area contributed by atoms with E-state index in [4.69, 9.17) is 0 Å². The number of benzene rings is 2. The number of aryl methyl sites for hydroxylation is 1. The Hall–Kier alpha value is -2.38. The van der Waals surface area contributed by atoms with Crippen molar-refractivity contribution in [3.8, 4) is 0 Å². The Morgan fingerprint density at radius 1 is 1.07 bits per heavy atom. The Kier molecular flexibility index (Phi) is 6.69. The lowest BCUT2D eigenvalue weighted by Gasteiger charge is -2.32. The van der Waals surface area contributed by atoms with Crippen molar-refractivity contribution in [3.63, 3.8) is 0 Å². The fourth-order valence-corrected chi connectivity index (χ4v) is 4.74. The molecule has 0 saturated carbocycles. The van der Waals surface area contributed by atoms with Crippen LogP contribution in [-0.4, -0.2) is 29.0 Å². The van der Waals surface area contributed by atoms with Crippen LogP contribution in [0.15, 0.2) is 75.3 Å². The third-order valence-corrected chi connectivity index (χ3v) is 6.86. The summed E-state index contributed by atoms with van der Waals surface area (Å²) in [5, 5.41) is 3.95. The molecule has 154 valence electrons. The van der Waals surface area contributed by atoms with Crippen molar-refractivity contribution in [2.24, 2.45) is 5.92 Å². The minimum absolute atomic E-state index is 0.00164. The molecule has 3 aromatic rings. The van der Waals surface area contributed by atoms with Crippen molar-refractivity contribution in [1.82, 2.24) is 9.97 Å². The number of nitrogens with zero attached hydrogens (tertiary/aromatic N) is 3. The van der Waals surface area contributed by atoms with Gasteiger partial charge in [-0.25, -0.2) is 9.97 Å².